The Labute approximate surface area is 179 Å². The van der Waals surface area contributed by atoms with Crippen LogP contribution in [0.4, 0.5) is 13.2 Å². The molecule has 0 amide bonds. The van der Waals surface area contributed by atoms with Crippen molar-refractivity contribution in [3.05, 3.63) is 94.0 Å². The van der Waals surface area contributed by atoms with E-state index in [2.05, 4.69) is 0 Å². The number of hydrogen-bond acceptors (Lipinski definition) is 5. The Hall–Kier alpha value is -4.07. The maximum Gasteiger partial charge on any atom is 0.312 e. The highest BCUT2D eigenvalue weighted by Gasteiger charge is 2.38. The van der Waals surface area contributed by atoms with Gasteiger partial charge in [-0.2, -0.15) is 0 Å². The zero-order chi connectivity index (χ0) is 22.6. The standard InChI is InChI=1S/C24H13F3O5/c25-16-6-11(7-17(26)22(16)27)8-19-23(30)14-4-5-18-21(24(14)32-19)15(10-20(29)31-18)12-2-1-3-13(28)9-12/h1-9,15,28H,10H2. The number of carbonyl (C=O) groups excluding carboxylic acids is 2. The van der Waals surface area contributed by atoms with E-state index in [1.165, 1.54) is 24.3 Å². The van der Waals surface area contributed by atoms with Crippen molar-refractivity contribution >= 4 is 17.8 Å². The summed E-state index contributed by atoms with van der Waals surface area (Å²) in [6, 6.07) is 10.7. The summed E-state index contributed by atoms with van der Waals surface area (Å²) in [6.45, 7) is 0. The molecular formula is C24H13F3O5. The minimum atomic E-state index is -1.61. The first-order valence-corrected chi connectivity index (χ1v) is 9.57. The third-order valence-corrected chi connectivity index (χ3v) is 5.36. The minimum Gasteiger partial charge on any atom is -0.508 e. The molecule has 3 aromatic carbocycles. The number of ether oxygens (including phenoxy) is 2. The van der Waals surface area contributed by atoms with E-state index in [1.807, 2.05) is 0 Å². The quantitative estimate of drug-likeness (QED) is 0.268. The smallest absolute Gasteiger partial charge is 0.312 e. The van der Waals surface area contributed by atoms with Crippen LogP contribution in [0.15, 0.2) is 54.3 Å². The molecule has 0 radical (unpaired) electrons. The van der Waals surface area contributed by atoms with E-state index >= 15 is 0 Å². The normalized spacial score (nSPS) is 18.2. The van der Waals surface area contributed by atoms with Crippen molar-refractivity contribution in [2.24, 2.45) is 0 Å². The lowest BCUT2D eigenvalue weighted by atomic mass is 9.84. The maximum absolute atomic E-state index is 13.6. The molecule has 0 bridgehead atoms. The van der Waals surface area contributed by atoms with Crippen molar-refractivity contribution in [1.29, 1.82) is 0 Å². The number of benzene rings is 3. The second-order valence-electron chi connectivity index (χ2n) is 7.42. The van der Waals surface area contributed by atoms with Gasteiger partial charge in [-0.15, -0.1) is 0 Å². The van der Waals surface area contributed by atoms with Gasteiger partial charge in [-0.05, 0) is 53.6 Å². The van der Waals surface area contributed by atoms with Gasteiger partial charge in [-0.1, -0.05) is 12.1 Å². The molecule has 0 spiro atoms. The van der Waals surface area contributed by atoms with E-state index in [-0.39, 0.29) is 40.6 Å². The minimum absolute atomic E-state index is 0.00788. The summed E-state index contributed by atoms with van der Waals surface area (Å²) in [5, 5.41) is 9.86. The summed E-state index contributed by atoms with van der Waals surface area (Å²) in [6.07, 6.45) is 1.07. The molecule has 5 rings (SSSR count). The first-order valence-electron chi connectivity index (χ1n) is 9.57. The summed E-state index contributed by atoms with van der Waals surface area (Å²) in [7, 11) is 0. The number of carbonyl (C=O) groups is 2. The number of ketones is 1. The lowest BCUT2D eigenvalue weighted by molar-refractivity contribution is -0.135. The first-order chi connectivity index (χ1) is 15.3. The summed E-state index contributed by atoms with van der Waals surface area (Å²) in [5.41, 5.74) is 1.15. The number of rotatable bonds is 2. The van der Waals surface area contributed by atoms with Crippen molar-refractivity contribution in [3.63, 3.8) is 0 Å². The number of halogens is 3. The number of esters is 1. The maximum atomic E-state index is 13.6. The largest absolute Gasteiger partial charge is 0.508 e. The van der Waals surface area contributed by atoms with E-state index in [0.717, 1.165) is 18.2 Å². The van der Waals surface area contributed by atoms with Crippen LogP contribution in [0.5, 0.6) is 17.2 Å². The lowest BCUT2D eigenvalue weighted by Crippen LogP contribution is -2.21. The van der Waals surface area contributed by atoms with Crippen molar-refractivity contribution in [3.8, 4) is 17.2 Å². The van der Waals surface area contributed by atoms with Crippen molar-refractivity contribution in [1.82, 2.24) is 0 Å². The molecule has 1 N–H and O–H groups in total. The third kappa shape index (κ3) is 3.20. The molecule has 2 aliphatic heterocycles. The van der Waals surface area contributed by atoms with Crippen LogP contribution in [0, 0.1) is 17.5 Å². The van der Waals surface area contributed by atoms with Gasteiger partial charge in [0.05, 0.1) is 12.0 Å². The van der Waals surface area contributed by atoms with Crippen LogP contribution in [-0.4, -0.2) is 16.9 Å². The predicted molar refractivity (Wildman–Crippen MR) is 106 cm³/mol. The average Bonchev–Trinajstić information content (AvgIpc) is 3.06. The van der Waals surface area contributed by atoms with E-state index in [9.17, 15) is 27.9 Å². The second kappa shape index (κ2) is 7.26. The van der Waals surface area contributed by atoms with E-state index in [4.69, 9.17) is 9.47 Å². The van der Waals surface area contributed by atoms with Crippen LogP contribution >= 0.6 is 0 Å². The van der Waals surface area contributed by atoms with E-state index in [1.54, 1.807) is 12.1 Å². The van der Waals surface area contributed by atoms with Gasteiger partial charge in [0, 0.05) is 11.5 Å². The number of Topliss-reactive ketones (excluding diaryl/α,β-unsaturated/α-hetero) is 1. The molecule has 2 aliphatic rings. The van der Waals surface area contributed by atoms with Crippen LogP contribution in [-0.2, 0) is 4.79 Å². The fraction of sp³-hybridized carbons (Fsp3) is 0.0833. The molecule has 0 saturated heterocycles. The predicted octanol–water partition coefficient (Wildman–Crippen LogP) is 4.87. The monoisotopic (exact) mass is 438 g/mol. The first kappa shape index (κ1) is 19.9. The molecular weight excluding hydrogens is 425 g/mol. The number of aromatic hydroxyl groups is 1. The summed E-state index contributed by atoms with van der Waals surface area (Å²) >= 11 is 0. The second-order valence-corrected chi connectivity index (χ2v) is 7.42. The molecule has 3 aromatic rings. The lowest BCUT2D eigenvalue weighted by Gasteiger charge is -2.26. The molecule has 0 fully saturated rings. The van der Waals surface area contributed by atoms with E-state index < -0.39 is 35.1 Å². The van der Waals surface area contributed by atoms with Gasteiger partial charge in [0.15, 0.2) is 23.2 Å². The van der Waals surface area contributed by atoms with Gasteiger partial charge in [0.2, 0.25) is 5.78 Å². The molecule has 32 heavy (non-hydrogen) atoms. The fourth-order valence-electron chi connectivity index (χ4n) is 3.94. The molecule has 8 heteroatoms. The Morgan fingerprint density at radius 1 is 0.969 bits per heavy atom. The van der Waals surface area contributed by atoms with Crippen molar-refractivity contribution in [2.45, 2.75) is 12.3 Å². The topological polar surface area (TPSA) is 72.8 Å². The van der Waals surface area contributed by atoms with Crippen molar-refractivity contribution in [2.75, 3.05) is 0 Å². The molecule has 0 saturated carbocycles. The Bertz CT molecular complexity index is 1320. The van der Waals surface area contributed by atoms with Gasteiger partial charge in [0.1, 0.15) is 17.2 Å². The summed E-state index contributed by atoms with van der Waals surface area (Å²) in [5.74, 6) is -5.83. The van der Waals surface area contributed by atoms with Gasteiger partial charge < -0.3 is 14.6 Å². The van der Waals surface area contributed by atoms with Crippen LogP contribution < -0.4 is 9.47 Å². The van der Waals surface area contributed by atoms with E-state index in [0.29, 0.717) is 11.1 Å². The Balaban J connectivity index is 1.61. The van der Waals surface area contributed by atoms with Gasteiger partial charge >= 0.3 is 5.97 Å². The third-order valence-electron chi connectivity index (χ3n) is 5.36. The SMILES string of the molecule is O=C1CC(c2cccc(O)c2)c2c(ccc3c2OC(=Cc2cc(F)c(F)c(F)c2)C3=O)O1. The highest BCUT2D eigenvalue weighted by atomic mass is 19.2. The summed E-state index contributed by atoms with van der Waals surface area (Å²) in [4.78, 5) is 25.0. The summed E-state index contributed by atoms with van der Waals surface area (Å²) < 4.78 is 51.5. The molecule has 160 valence electrons. The number of phenolic OH excluding ortho intramolecular Hbond substituents is 1. The highest BCUT2D eigenvalue weighted by Crippen LogP contribution is 2.49. The number of phenols is 1. The number of hydrogen-bond donors (Lipinski definition) is 1. The van der Waals surface area contributed by atoms with Crippen molar-refractivity contribution < 1.29 is 37.3 Å². The average molecular weight is 438 g/mol. The van der Waals surface area contributed by atoms with Crippen LogP contribution in [0.3, 0.4) is 0 Å². The van der Waals surface area contributed by atoms with Gasteiger partial charge in [-0.3, -0.25) is 9.59 Å². The van der Waals surface area contributed by atoms with Crippen LogP contribution in [0.2, 0.25) is 0 Å². The highest BCUT2D eigenvalue weighted by molar-refractivity contribution is 6.15. The molecule has 0 aliphatic carbocycles. The Morgan fingerprint density at radius 2 is 1.72 bits per heavy atom. The molecule has 0 aromatic heterocycles. The van der Waals surface area contributed by atoms with Gasteiger partial charge in [-0.25, -0.2) is 13.2 Å². The Morgan fingerprint density at radius 3 is 2.44 bits per heavy atom. The van der Waals surface area contributed by atoms with Crippen LogP contribution in [0.25, 0.3) is 6.08 Å². The fourth-order valence-corrected chi connectivity index (χ4v) is 3.94. The number of fused-ring (bicyclic) bond motifs is 3. The van der Waals surface area contributed by atoms with Gasteiger partial charge in [0.25, 0.3) is 0 Å². The zero-order valence-corrected chi connectivity index (χ0v) is 16.2. The molecule has 1 unspecified atom stereocenters. The Kier molecular flexibility index (Phi) is 4.51. The molecule has 2 heterocycles. The zero-order valence-electron chi connectivity index (χ0n) is 16.2. The molecule has 1 atom stereocenters. The number of allylic oxidation sites excluding steroid dienone is 1. The van der Waals surface area contributed by atoms with Crippen LogP contribution in [0.1, 0.15) is 39.4 Å². The molecule has 5 nitrogen and oxygen atoms in total.